The Kier molecular flexibility index (Phi) is 4.44. The van der Waals surface area contributed by atoms with Crippen LogP contribution in [0.3, 0.4) is 0 Å². The van der Waals surface area contributed by atoms with Gasteiger partial charge in [0.1, 0.15) is 0 Å². The summed E-state index contributed by atoms with van der Waals surface area (Å²) in [6, 6.07) is 0. The largest absolute Gasteiger partial charge is 0.453 e. The van der Waals surface area contributed by atoms with E-state index in [0.717, 1.165) is 14.2 Å². The molecule has 0 saturated carbocycles. The molecule has 90 valence electrons. The smallest absolute Gasteiger partial charge is 0.275 e. The SMILES string of the molecule is CON(C)C(=O)CCC(F)(F)C(F)(F)F. The van der Waals surface area contributed by atoms with Crippen LogP contribution in [0.25, 0.3) is 0 Å². The molecular formula is C7H10F5NO2. The molecule has 0 fully saturated rings. The molecule has 0 atom stereocenters. The number of carbonyl (C=O) groups excluding carboxylic acids is 1. The summed E-state index contributed by atoms with van der Waals surface area (Å²) in [5, 5.41) is 0.590. The van der Waals surface area contributed by atoms with Crippen LogP contribution >= 0.6 is 0 Å². The third-order valence-corrected chi connectivity index (χ3v) is 1.69. The highest BCUT2D eigenvalue weighted by atomic mass is 19.4. The van der Waals surface area contributed by atoms with Crippen LogP contribution in [0.15, 0.2) is 0 Å². The Balaban J connectivity index is 4.22. The summed E-state index contributed by atoms with van der Waals surface area (Å²) >= 11 is 0. The Hall–Kier alpha value is -0.920. The van der Waals surface area contributed by atoms with Crippen molar-refractivity contribution in [1.29, 1.82) is 0 Å². The average Bonchev–Trinajstić information content (AvgIpc) is 2.11. The molecule has 0 unspecified atom stereocenters. The Morgan fingerprint density at radius 3 is 2.07 bits per heavy atom. The number of nitrogens with zero attached hydrogens (tertiary/aromatic N) is 1. The van der Waals surface area contributed by atoms with Gasteiger partial charge in [-0.3, -0.25) is 9.63 Å². The molecule has 0 aliphatic heterocycles. The number of hydrogen-bond donors (Lipinski definition) is 0. The van der Waals surface area contributed by atoms with E-state index in [0.29, 0.717) is 5.06 Å². The molecule has 3 nitrogen and oxygen atoms in total. The number of alkyl halides is 5. The van der Waals surface area contributed by atoms with E-state index in [1.54, 1.807) is 0 Å². The summed E-state index contributed by atoms with van der Waals surface area (Å²) in [5.74, 6) is -5.79. The van der Waals surface area contributed by atoms with Gasteiger partial charge in [0.15, 0.2) is 0 Å². The number of halogens is 5. The van der Waals surface area contributed by atoms with E-state index >= 15 is 0 Å². The highest BCUT2D eigenvalue weighted by Crippen LogP contribution is 2.38. The zero-order valence-electron chi connectivity index (χ0n) is 8.07. The summed E-state index contributed by atoms with van der Waals surface area (Å²) in [5.41, 5.74) is 0. The lowest BCUT2D eigenvalue weighted by atomic mass is 10.1. The van der Waals surface area contributed by atoms with Gasteiger partial charge >= 0.3 is 12.1 Å². The molecule has 0 spiro atoms. The summed E-state index contributed by atoms with van der Waals surface area (Å²) in [7, 11) is 2.22. The van der Waals surface area contributed by atoms with Crippen LogP contribution in [0.2, 0.25) is 0 Å². The first-order valence-corrected chi connectivity index (χ1v) is 3.87. The zero-order valence-corrected chi connectivity index (χ0v) is 8.07. The van der Waals surface area contributed by atoms with Gasteiger partial charge < -0.3 is 0 Å². The Bertz CT molecular complexity index is 228. The lowest BCUT2D eigenvalue weighted by Crippen LogP contribution is -2.38. The molecule has 0 bridgehead atoms. The molecule has 0 rings (SSSR count). The van der Waals surface area contributed by atoms with Crippen molar-refractivity contribution in [2.24, 2.45) is 0 Å². The standard InChI is InChI=1S/C7H10F5NO2/c1-13(15-2)5(14)3-4-6(8,9)7(10,11)12/h3-4H2,1-2H3. The second-order valence-electron chi connectivity index (χ2n) is 2.78. The molecule has 0 aromatic heterocycles. The normalized spacial score (nSPS) is 12.7. The van der Waals surface area contributed by atoms with E-state index in [-0.39, 0.29) is 0 Å². The van der Waals surface area contributed by atoms with E-state index in [1.165, 1.54) is 0 Å². The summed E-state index contributed by atoms with van der Waals surface area (Å²) < 4.78 is 59.6. The first kappa shape index (κ1) is 14.1. The Morgan fingerprint density at radius 1 is 1.27 bits per heavy atom. The van der Waals surface area contributed by atoms with Crippen molar-refractivity contribution in [3.8, 4) is 0 Å². The van der Waals surface area contributed by atoms with Crippen molar-refractivity contribution in [3.63, 3.8) is 0 Å². The van der Waals surface area contributed by atoms with Gasteiger partial charge in [-0.25, -0.2) is 5.06 Å². The number of carbonyl (C=O) groups is 1. The first-order valence-electron chi connectivity index (χ1n) is 3.87. The van der Waals surface area contributed by atoms with Gasteiger partial charge in [-0.2, -0.15) is 22.0 Å². The molecule has 15 heavy (non-hydrogen) atoms. The van der Waals surface area contributed by atoms with Gasteiger partial charge in [0.25, 0.3) is 0 Å². The first-order chi connectivity index (χ1) is 6.62. The Labute approximate surface area is 82.7 Å². The maximum atomic E-state index is 12.3. The minimum atomic E-state index is -5.63. The van der Waals surface area contributed by atoms with Gasteiger partial charge in [-0.1, -0.05) is 0 Å². The third-order valence-electron chi connectivity index (χ3n) is 1.69. The van der Waals surface area contributed by atoms with Crippen LogP contribution in [0.5, 0.6) is 0 Å². The summed E-state index contributed by atoms with van der Waals surface area (Å²) in [4.78, 5) is 15.2. The van der Waals surface area contributed by atoms with Crippen LogP contribution in [-0.4, -0.2) is 37.2 Å². The van der Waals surface area contributed by atoms with Crippen molar-refractivity contribution in [2.45, 2.75) is 24.9 Å². The quantitative estimate of drug-likeness (QED) is 0.550. The van der Waals surface area contributed by atoms with Crippen molar-refractivity contribution in [3.05, 3.63) is 0 Å². The van der Waals surface area contributed by atoms with Crippen LogP contribution < -0.4 is 0 Å². The van der Waals surface area contributed by atoms with Crippen LogP contribution in [0, 0.1) is 0 Å². The molecule has 0 radical (unpaired) electrons. The third kappa shape index (κ3) is 3.98. The second kappa shape index (κ2) is 4.73. The van der Waals surface area contributed by atoms with Crippen LogP contribution in [-0.2, 0) is 9.63 Å². The van der Waals surface area contributed by atoms with Gasteiger partial charge in [0, 0.05) is 19.9 Å². The maximum absolute atomic E-state index is 12.3. The van der Waals surface area contributed by atoms with Gasteiger partial charge in [0.2, 0.25) is 5.91 Å². The van der Waals surface area contributed by atoms with Crippen molar-refractivity contribution in [1.82, 2.24) is 5.06 Å². The number of amides is 1. The van der Waals surface area contributed by atoms with E-state index in [1.807, 2.05) is 0 Å². The van der Waals surface area contributed by atoms with E-state index in [9.17, 15) is 26.7 Å². The fourth-order valence-electron chi connectivity index (χ4n) is 0.665. The molecule has 1 amide bonds. The minimum Gasteiger partial charge on any atom is -0.275 e. The zero-order chi connectivity index (χ0) is 12.3. The summed E-state index contributed by atoms with van der Waals surface area (Å²) in [6.45, 7) is 0. The molecular weight excluding hydrogens is 225 g/mol. The fraction of sp³-hybridized carbons (Fsp3) is 0.857. The summed E-state index contributed by atoms with van der Waals surface area (Å²) in [6.07, 6.45) is -8.14. The maximum Gasteiger partial charge on any atom is 0.453 e. The molecule has 0 heterocycles. The predicted molar refractivity (Wildman–Crippen MR) is 40.0 cm³/mol. The number of hydrogen-bond acceptors (Lipinski definition) is 2. The monoisotopic (exact) mass is 235 g/mol. The van der Waals surface area contributed by atoms with E-state index in [4.69, 9.17) is 0 Å². The van der Waals surface area contributed by atoms with Crippen LogP contribution in [0.4, 0.5) is 22.0 Å². The molecule has 0 aromatic rings. The molecule has 8 heteroatoms. The van der Waals surface area contributed by atoms with Gasteiger partial charge in [-0.05, 0) is 0 Å². The molecule has 0 aliphatic rings. The second-order valence-corrected chi connectivity index (χ2v) is 2.78. The predicted octanol–water partition coefficient (Wildman–Crippen LogP) is 1.98. The van der Waals surface area contributed by atoms with Crippen molar-refractivity contribution < 1.29 is 31.6 Å². The van der Waals surface area contributed by atoms with Gasteiger partial charge in [0.05, 0.1) is 7.11 Å². The molecule has 0 N–H and O–H groups in total. The van der Waals surface area contributed by atoms with Crippen molar-refractivity contribution in [2.75, 3.05) is 14.2 Å². The fourth-order valence-corrected chi connectivity index (χ4v) is 0.665. The van der Waals surface area contributed by atoms with Crippen LogP contribution in [0.1, 0.15) is 12.8 Å². The average molecular weight is 235 g/mol. The molecule has 0 saturated heterocycles. The highest BCUT2D eigenvalue weighted by Gasteiger charge is 2.56. The van der Waals surface area contributed by atoms with Crippen molar-refractivity contribution >= 4 is 5.91 Å². The minimum absolute atomic E-state index is 0.590. The molecule has 0 aromatic carbocycles. The Morgan fingerprint density at radius 2 is 1.73 bits per heavy atom. The van der Waals surface area contributed by atoms with Gasteiger partial charge in [-0.15, -0.1) is 0 Å². The lowest BCUT2D eigenvalue weighted by Gasteiger charge is -2.20. The lowest BCUT2D eigenvalue weighted by molar-refractivity contribution is -0.284. The topological polar surface area (TPSA) is 29.5 Å². The highest BCUT2D eigenvalue weighted by molar-refractivity contribution is 5.74. The van der Waals surface area contributed by atoms with E-state index in [2.05, 4.69) is 4.84 Å². The number of rotatable bonds is 4. The molecule has 0 aliphatic carbocycles. The van der Waals surface area contributed by atoms with E-state index < -0.39 is 30.8 Å². The number of hydroxylamine groups is 2.